The van der Waals surface area contributed by atoms with Crippen molar-refractivity contribution < 1.29 is 14.3 Å². The Labute approximate surface area is 185 Å². The summed E-state index contributed by atoms with van der Waals surface area (Å²) < 4.78 is 12.0. The van der Waals surface area contributed by atoms with Gasteiger partial charge in [0.2, 0.25) is 5.13 Å². The van der Waals surface area contributed by atoms with Crippen LogP contribution in [0.4, 0.5) is 5.13 Å². The number of amides is 1. The number of aromatic nitrogens is 2. The van der Waals surface area contributed by atoms with Gasteiger partial charge in [-0.3, -0.25) is 10.1 Å². The number of nitriles is 1. The third-order valence-electron chi connectivity index (χ3n) is 4.01. The van der Waals surface area contributed by atoms with Gasteiger partial charge in [-0.15, -0.1) is 10.2 Å². The van der Waals surface area contributed by atoms with Gasteiger partial charge in [-0.25, -0.2) is 0 Å². The Bertz CT molecular complexity index is 906. The Balaban J connectivity index is 2.06. The minimum Gasteiger partial charge on any atom is -0.493 e. The van der Waals surface area contributed by atoms with Crippen molar-refractivity contribution in [2.75, 3.05) is 24.8 Å². The first-order valence-electron chi connectivity index (χ1n) is 9.81. The van der Waals surface area contributed by atoms with E-state index in [2.05, 4.69) is 22.4 Å². The zero-order valence-corrected chi connectivity index (χ0v) is 19.1. The van der Waals surface area contributed by atoms with Gasteiger partial charge >= 0.3 is 0 Å². The van der Waals surface area contributed by atoms with Gasteiger partial charge in [0.1, 0.15) is 11.6 Å². The first-order valence-corrected chi connectivity index (χ1v) is 11.6. The number of nitrogens with zero attached hydrogens (tertiary/aromatic N) is 3. The van der Waals surface area contributed by atoms with E-state index in [1.54, 1.807) is 37.1 Å². The maximum Gasteiger partial charge on any atom is 0.268 e. The number of carbonyl (C=O) groups excluding carboxylic acids is 1. The van der Waals surface area contributed by atoms with Crippen LogP contribution in [0.2, 0.25) is 0 Å². The van der Waals surface area contributed by atoms with Crippen molar-refractivity contribution in [3.05, 3.63) is 29.3 Å². The van der Waals surface area contributed by atoms with Crippen molar-refractivity contribution in [3.8, 4) is 17.6 Å². The molecule has 0 aliphatic carbocycles. The van der Waals surface area contributed by atoms with E-state index < -0.39 is 5.91 Å². The molecule has 0 fully saturated rings. The smallest absolute Gasteiger partial charge is 0.268 e. The molecular weight excluding hydrogens is 420 g/mol. The summed E-state index contributed by atoms with van der Waals surface area (Å²) in [6.45, 7) is 4.80. The second-order valence-electron chi connectivity index (χ2n) is 6.25. The van der Waals surface area contributed by atoms with E-state index in [0.29, 0.717) is 28.8 Å². The number of nitrogens with one attached hydrogen (secondary N) is 1. The molecule has 160 valence electrons. The van der Waals surface area contributed by atoms with Crippen LogP contribution in [0.25, 0.3) is 6.08 Å². The van der Waals surface area contributed by atoms with Gasteiger partial charge < -0.3 is 9.47 Å². The van der Waals surface area contributed by atoms with Crippen molar-refractivity contribution in [1.82, 2.24) is 10.2 Å². The van der Waals surface area contributed by atoms with E-state index >= 15 is 0 Å². The van der Waals surface area contributed by atoms with Crippen LogP contribution in [0.15, 0.2) is 28.1 Å². The minimum absolute atomic E-state index is 0.0369. The quantitative estimate of drug-likeness (QED) is 0.158. The molecule has 1 N–H and O–H groups in total. The molecular formula is C21H26N4O3S2. The molecule has 1 heterocycles. The highest BCUT2D eigenvalue weighted by Crippen LogP contribution is 2.29. The summed E-state index contributed by atoms with van der Waals surface area (Å²) in [4.78, 5) is 12.4. The average molecular weight is 447 g/mol. The van der Waals surface area contributed by atoms with E-state index in [1.165, 1.54) is 30.3 Å². The lowest BCUT2D eigenvalue weighted by atomic mass is 10.1. The third kappa shape index (κ3) is 7.35. The molecule has 2 rings (SSSR count). The molecule has 30 heavy (non-hydrogen) atoms. The van der Waals surface area contributed by atoms with Crippen molar-refractivity contribution in [3.63, 3.8) is 0 Å². The SMILES string of the molecule is CCCCCCOc1ccc(/C=C(\C#N)C(=O)Nc2nnc(SCC)s2)cc1OC. The number of benzene rings is 1. The van der Waals surface area contributed by atoms with Crippen LogP contribution in [-0.4, -0.2) is 35.6 Å². The van der Waals surface area contributed by atoms with Crippen LogP contribution in [0, 0.1) is 11.3 Å². The molecule has 9 heteroatoms. The molecule has 7 nitrogen and oxygen atoms in total. The number of hydrogen-bond acceptors (Lipinski definition) is 8. The number of anilines is 1. The Morgan fingerprint density at radius 2 is 2.10 bits per heavy atom. The van der Waals surface area contributed by atoms with Crippen LogP contribution < -0.4 is 14.8 Å². The van der Waals surface area contributed by atoms with Crippen LogP contribution in [0.1, 0.15) is 45.1 Å². The number of methoxy groups -OCH3 is 1. The van der Waals surface area contributed by atoms with Gasteiger partial charge in [0.25, 0.3) is 5.91 Å². The number of thioether (sulfide) groups is 1. The lowest BCUT2D eigenvalue weighted by Crippen LogP contribution is -2.13. The monoisotopic (exact) mass is 446 g/mol. The first kappa shape index (κ1) is 23.7. The normalized spacial score (nSPS) is 11.1. The predicted octanol–water partition coefficient (Wildman–Crippen LogP) is 5.16. The van der Waals surface area contributed by atoms with Gasteiger partial charge in [0.05, 0.1) is 13.7 Å². The van der Waals surface area contributed by atoms with Crippen LogP contribution >= 0.6 is 23.1 Å². The fourth-order valence-corrected chi connectivity index (χ4v) is 4.17. The average Bonchev–Trinajstić information content (AvgIpc) is 3.19. The van der Waals surface area contributed by atoms with Gasteiger partial charge in [0.15, 0.2) is 15.8 Å². The standard InChI is InChI=1S/C21H26N4O3S2/c1-4-6-7-8-11-28-17-10-9-15(13-18(17)27-3)12-16(14-22)19(26)23-20-24-25-21(30-20)29-5-2/h9-10,12-13H,4-8,11H2,1-3H3,(H,23,24,26)/b16-12+. The molecule has 2 aromatic rings. The van der Waals surface area contributed by atoms with E-state index in [4.69, 9.17) is 9.47 Å². The Morgan fingerprint density at radius 1 is 1.27 bits per heavy atom. The highest BCUT2D eigenvalue weighted by atomic mass is 32.2. The van der Waals surface area contributed by atoms with Crippen molar-refractivity contribution in [2.45, 2.75) is 43.9 Å². The molecule has 1 amide bonds. The molecule has 0 radical (unpaired) electrons. The zero-order chi connectivity index (χ0) is 21.8. The molecule has 0 saturated heterocycles. The summed E-state index contributed by atoms with van der Waals surface area (Å²) in [6, 6.07) is 7.25. The minimum atomic E-state index is -0.531. The number of rotatable bonds is 12. The second kappa shape index (κ2) is 12.9. The zero-order valence-electron chi connectivity index (χ0n) is 17.4. The van der Waals surface area contributed by atoms with E-state index in [9.17, 15) is 10.1 Å². The van der Waals surface area contributed by atoms with Gasteiger partial charge in [-0.2, -0.15) is 5.26 Å². The summed E-state index contributed by atoms with van der Waals surface area (Å²) in [5, 5.41) is 20.3. The fourth-order valence-electron chi connectivity index (χ4n) is 2.53. The molecule has 0 saturated carbocycles. The number of hydrogen-bond donors (Lipinski definition) is 1. The van der Waals surface area contributed by atoms with Crippen LogP contribution in [0.5, 0.6) is 11.5 Å². The maximum absolute atomic E-state index is 12.4. The second-order valence-corrected chi connectivity index (χ2v) is 8.74. The van der Waals surface area contributed by atoms with E-state index in [-0.39, 0.29) is 5.57 Å². The Kier molecular flexibility index (Phi) is 10.2. The highest BCUT2D eigenvalue weighted by molar-refractivity contribution is 8.01. The molecule has 0 unspecified atom stereocenters. The third-order valence-corrected chi connectivity index (χ3v) is 5.87. The summed E-state index contributed by atoms with van der Waals surface area (Å²) in [5.41, 5.74) is 0.626. The van der Waals surface area contributed by atoms with E-state index in [1.807, 2.05) is 13.0 Å². The number of unbranched alkanes of at least 4 members (excludes halogenated alkanes) is 3. The number of carbonyl (C=O) groups is 1. The highest BCUT2D eigenvalue weighted by Gasteiger charge is 2.14. The molecule has 0 aliphatic heterocycles. The predicted molar refractivity (Wildman–Crippen MR) is 121 cm³/mol. The maximum atomic E-state index is 12.4. The van der Waals surface area contributed by atoms with Crippen molar-refractivity contribution in [2.24, 2.45) is 0 Å². The van der Waals surface area contributed by atoms with Crippen molar-refractivity contribution >= 4 is 40.2 Å². The van der Waals surface area contributed by atoms with E-state index in [0.717, 1.165) is 22.9 Å². The fraction of sp³-hybridized carbons (Fsp3) is 0.429. The lowest BCUT2D eigenvalue weighted by molar-refractivity contribution is -0.112. The molecule has 1 aromatic heterocycles. The molecule has 0 bridgehead atoms. The Hall–Kier alpha value is -2.57. The number of ether oxygens (including phenoxy) is 2. The molecule has 0 atom stereocenters. The van der Waals surface area contributed by atoms with Gasteiger partial charge in [-0.1, -0.05) is 62.3 Å². The summed E-state index contributed by atoms with van der Waals surface area (Å²) >= 11 is 2.82. The van der Waals surface area contributed by atoms with Crippen LogP contribution in [0.3, 0.4) is 0 Å². The molecule has 0 spiro atoms. The molecule has 0 aliphatic rings. The first-order chi connectivity index (χ1) is 14.6. The summed E-state index contributed by atoms with van der Waals surface area (Å²) in [6.07, 6.45) is 6.00. The Morgan fingerprint density at radius 3 is 2.80 bits per heavy atom. The summed E-state index contributed by atoms with van der Waals surface area (Å²) in [5.74, 6) is 1.54. The van der Waals surface area contributed by atoms with Gasteiger partial charge in [-0.05, 0) is 35.9 Å². The van der Waals surface area contributed by atoms with Crippen LogP contribution in [-0.2, 0) is 4.79 Å². The largest absolute Gasteiger partial charge is 0.493 e. The topological polar surface area (TPSA) is 97.1 Å². The summed E-state index contributed by atoms with van der Waals surface area (Å²) in [7, 11) is 1.56. The van der Waals surface area contributed by atoms with Gasteiger partial charge in [0, 0.05) is 0 Å². The van der Waals surface area contributed by atoms with Crippen molar-refractivity contribution in [1.29, 1.82) is 5.26 Å². The lowest BCUT2D eigenvalue weighted by Gasteiger charge is -2.11. The molecule has 1 aromatic carbocycles.